The van der Waals surface area contributed by atoms with E-state index in [9.17, 15) is 20.2 Å². The van der Waals surface area contributed by atoms with E-state index < -0.39 is 12.1 Å². The van der Waals surface area contributed by atoms with Crippen molar-refractivity contribution < 1.29 is 9.85 Å². The highest BCUT2D eigenvalue weighted by molar-refractivity contribution is 8.77. The normalized spacial score (nSPS) is 39.4. The molecule has 6 nitrogen and oxygen atoms in total. The number of nitrogens with zero attached hydrogens (tertiary/aromatic N) is 2. The fourth-order valence-electron chi connectivity index (χ4n) is 2.95. The summed E-state index contributed by atoms with van der Waals surface area (Å²) < 4.78 is 0. The molecular weight excluding hydrogens is 371 g/mol. The molecule has 0 aromatic heterocycles. The average Bonchev–Trinajstić information content (AvgIpc) is 2.46. The lowest BCUT2D eigenvalue weighted by Gasteiger charge is -2.31. The van der Waals surface area contributed by atoms with Crippen molar-refractivity contribution in [1.29, 1.82) is 0 Å². The largest absolute Gasteiger partial charge is 0.264 e. The molecule has 22 heavy (non-hydrogen) atoms. The van der Waals surface area contributed by atoms with E-state index in [0.29, 0.717) is 25.7 Å². The molecule has 0 bridgehead atoms. The van der Waals surface area contributed by atoms with Gasteiger partial charge < -0.3 is 0 Å². The van der Waals surface area contributed by atoms with Crippen molar-refractivity contribution in [3.8, 4) is 0 Å². The summed E-state index contributed by atoms with van der Waals surface area (Å²) in [6.07, 6.45) is 3.64. The summed E-state index contributed by atoms with van der Waals surface area (Å²) >= 11 is 12.1. The summed E-state index contributed by atoms with van der Waals surface area (Å²) in [7, 11) is 2.87. The van der Waals surface area contributed by atoms with Crippen molar-refractivity contribution in [3.05, 3.63) is 20.2 Å². The highest BCUT2D eigenvalue weighted by atomic mass is 35.5. The van der Waals surface area contributed by atoms with E-state index in [2.05, 4.69) is 0 Å². The fraction of sp³-hybridized carbons (Fsp3) is 1.00. The second-order valence-corrected chi connectivity index (χ2v) is 9.78. The van der Waals surface area contributed by atoms with E-state index in [1.165, 1.54) is 21.6 Å². The molecule has 0 spiro atoms. The Bertz CT molecular complexity index is 394. The van der Waals surface area contributed by atoms with Crippen LogP contribution in [0, 0.1) is 20.2 Å². The van der Waals surface area contributed by atoms with Crippen molar-refractivity contribution in [2.45, 2.75) is 71.9 Å². The van der Waals surface area contributed by atoms with Crippen LogP contribution in [0.5, 0.6) is 0 Å². The lowest BCUT2D eigenvalue weighted by atomic mass is 9.95. The predicted octanol–water partition coefficient (Wildman–Crippen LogP) is 3.98. The number of halogens is 2. The van der Waals surface area contributed by atoms with Crippen LogP contribution in [0.2, 0.25) is 0 Å². The molecule has 0 N–H and O–H groups in total. The van der Waals surface area contributed by atoms with Gasteiger partial charge in [0.05, 0.1) is 10.5 Å². The van der Waals surface area contributed by atoms with E-state index in [4.69, 9.17) is 23.2 Å². The molecule has 6 unspecified atom stereocenters. The van der Waals surface area contributed by atoms with Crippen LogP contribution in [-0.2, 0) is 0 Å². The van der Waals surface area contributed by atoms with Crippen LogP contribution < -0.4 is 0 Å². The molecule has 0 aliphatic heterocycles. The van der Waals surface area contributed by atoms with Gasteiger partial charge in [-0.2, -0.15) is 0 Å². The van der Waals surface area contributed by atoms with Crippen LogP contribution in [0.25, 0.3) is 0 Å². The van der Waals surface area contributed by atoms with Crippen molar-refractivity contribution in [2.24, 2.45) is 0 Å². The molecule has 2 aliphatic rings. The van der Waals surface area contributed by atoms with Gasteiger partial charge in [-0.3, -0.25) is 20.2 Å². The quantitative estimate of drug-likeness (QED) is 0.306. The third-order valence-electron chi connectivity index (χ3n) is 4.23. The van der Waals surface area contributed by atoms with Gasteiger partial charge >= 0.3 is 0 Å². The molecule has 0 heterocycles. The van der Waals surface area contributed by atoms with Gasteiger partial charge in [0.2, 0.25) is 12.1 Å². The minimum absolute atomic E-state index is 0.129. The first kappa shape index (κ1) is 18.4. The molecule has 2 aliphatic carbocycles. The minimum atomic E-state index is -0.660. The predicted molar refractivity (Wildman–Crippen MR) is 91.3 cm³/mol. The van der Waals surface area contributed by atoms with Gasteiger partial charge in [-0.25, -0.2) is 0 Å². The van der Waals surface area contributed by atoms with Crippen LogP contribution in [0.15, 0.2) is 0 Å². The molecule has 0 radical (unpaired) electrons. The SMILES string of the molecule is O=[N+]([O-])C1CC(Cl)CCC1SSC1CCC(Cl)CC1[N+](=O)[O-]. The van der Waals surface area contributed by atoms with Crippen molar-refractivity contribution >= 4 is 44.8 Å². The van der Waals surface area contributed by atoms with Crippen molar-refractivity contribution in [2.75, 3.05) is 0 Å². The Balaban J connectivity index is 1.92. The van der Waals surface area contributed by atoms with Crippen LogP contribution in [0.4, 0.5) is 0 Å². The zero-order valence-electron chi connectivity index (χ0n) is 11.8. The Kier molecular flexibility index (Phi) is 6.91. The first-order valence-corrected chi connectivity index (χ1v) is 10.4. The lowest BCUT2D eigenvalue weighted by Crippen LogP contribution is -2.40. The summed E-state index contributed by atoms with van der Waals surface area (Å²) in [6.45, 7) is 0. The van der Waals surface area contributed by atoms with E-state index in [1.54, 1.807) is 0 Å². The summed E-state index contributed by atoms with van der Waals surface area (Å²) in [5.41, 5.74) is 0. The molecule has 126 valence electrons. The molecular formula is C12H18Cl2N2O4S2. The average molecular weight is 389 g/mol. The molecule has 2 rings (SSSR count). The summed E-state index contributed by atoms with van der Waals surface area (Å²) in [6, 6.07) is -1.32. The zero-order chi connectivity index (χ0) is 16.3. The van der Waals surface area contributed by atoms with Gasteiger partial charge in [-0.15, -0.1) is 23.2 Å². The maximum absolute atomic E-state index is 11.2. The van der Waals surface area contributed by atoms with Crippen LogP contribution >= 0.6 is 44.8 Å². The Hall–Kier alpha value is 0.0800. The zero-order valence-corrected chi connectivity index (χ0v) is 15.0. The van der Waals surface area contributed by atoms with E-state index in [0.717, 1.165) is 12.8 Å². The highest BCUT2D eigenvalue weighted by Crippen LogP contribution is 2.44. The second kappa shape index (κ2) is 8.26. The van der Waals surface area contributed by atoms with Crippen molar-refractivity contribution in [1.82, 2.24) is 0 Å². The van der Waals surface area contributed by atoms with Gasteiger partial charge in [-0.1, -0.05) is 21.6 Å². The molecule has 0 aromatic carbocycles. The number of alkyl halides is 2. The standard InChI is InChI=1S/C12H18Cl2N2O4S2/c13-7-1-3-11(9(5-7)15(17)18)21-22-12-4-2-8(14)6-10(12)16(19)20/h7-12H,1-6H2. The molecule has 2 saturated carbocycles. The van der Waals surface area contributed by atoms with Gasteiger partial charge in [0.25, 0.3) is 0 Å². The number of rotatable bonds is 5. The maximum Gasteiger partial charge on any atom is 0.227 e. The Morgan fingerprint density at radius 3 is 1.45 bits per heavy atom. The lowest BCUT2D eigenvalue weighted by molar-refractivity contribution is -0.524. The van der Waals surface area contributed by atoms with Crippen LogP contribution in [-0.4, -0.2) is 43.2 Å². The van der Waals surface area contributed by atoms with Gasteiger partial charge in [-0.05, 0) is 25.7 Å². The van der Waals surface area contributed by atoms with Gasteiger partial charge in [0, 0.05) is 33.4 Å². The summed E-state index contributed by atoms with van der Waals surface area (Å²) in [5, 5.41) is 21.8. The number of nitro groups is 2. The Morgan fingerprint density at radius 1 is 0.773 bits per heavy atom. The topological polar surface area (TPSA) is 86.3 Å². The van der Waals surface area contributed by atoms with Crippen LogP contribution in [0.3, 0.4) is 0 Å². The molecule has 10 heteroatoms. The fourth-order valence-corrected chi connectivity index (χ4v) is 7.20. The van der Waals surface area contributed by atoms with E-state index >= 15 is 0 Å². The van der Waals surface area contributed by atoms with Crippen LogP contribution in [0.1, 0.15) is 38.5 Å². The van der Waals surface area contributed by atoms with Crippen molar-refractivity contribution in [3.63, 3.8) is 0 Å². The first-order valence-electron chi connectivity index (χ1n) is 7.25. The monoisotopic (exact) mass is 388 g/mol. The minimum Gasteiger partial charge on any atom is -0.264 e. The molecule has 0 saturated heterocycles. The molecule has 2 fully saturated rings. The summed E-state index contributed by atoms with van der Waals surface area (Å²) in [4.78, 5) is 21.8. The third kappa shape index (κ3) is 4.79. The van der Waals surface area contributed by atoms with Gasteiger partial charge in [0.15, 0.2) is 0 Å². The Morgan fingerprint density at radius 2 is 1.14 bits per heavy atom. The highest BCUT2D eigenvalue weighted by Gasteiger charge is 2.42. The summed E-state index contributed by atoms with van der Waals surface area (Å²) in [5.74, 6) is 0. The molecule has 0 amide bonds. The second-order valence-electron chi connectivity index (χ2n) is 5.80. The maximum atomic E-state index is 11.2. The number of hydrogen-bond acceptors (Lipinski definition) is 6. The Labute approximate surface area is 146 Å². The smallest absolute Gasteiger partial charge is 0.227 e. The van der Waals surface area contributed by atoms with E-state index in [-0.39, 0.29) is 31.1 Å². The third-order valence-corrected chi connectivity index (χ3v) is 8.54. The van der Waals surface area contributed by atoms with Gasteiger partial charge in [0.1, 0.15) is 0 Å². The number of hydrogen-bond donors (Lipinski definition) is 0. The first-order chi connectivity index (χ1) is 10.4. The molecule has 6 atom stereocenters. The van der Waals surface area contributed by atoms with E-state index in [1.807, 2.05) is 0 Å². The molecule has 0 aromatic rings.